The lowest BCUT2D eigenvalue weighted by Crippen LogP contribution is -1.78. The van der Waals surface area contributed by atoms with E-state index in [0.717, 1.165) is 0 Å². The Bertz CT molecular complexity index is 441. The van der Waals surface area contributed by atoms with Gasteiger partial charge in [0, 0.05) is 0 Å². The van der Waals surface area contributed by atoms with Crippen molar-refractivity contribution >= 4 is 0 Å². The Morgan fingerprint density at radius 2 is 0.818 bits per heavy atom. The van der Waals surface area contributed by atoms with Gasteiger partial charge in [-0.15, -0.1) is 0 Å². The van der Waals surface area contributed by atoms with Crippen LogP contribution in [0.1, 0.15) is 63.5 Å². The van der Waals surface area contributed by atoms with Crippen LogP contribution in [0.15, 0.2) is 48.5 Å². The maximum absolute atomic E-state index is 2.26. The third-order valence-electron chi connectivity index (χ3n) is 3.89. The molecule has 0 amide bonds. The van der Waals surface area contributed by atoms with Gasteiger partial charge in [-0.05, 0) is 25.0 Å². The van der Waals surface area contributed by atoms with Crippen LogP contribution in [0.5, 0.6) is 0 Å². The molecule has 0 aliphatic heterocycles. The molecule has 0 bridgehead atoms. The number of aryl methyl sites for hydroxylation is 2. The van der Waals surface area contributed by atoms with Gasteiger partial charge in [0.15, 0.2) is 0 Å². The summed E-state index contributed by atoms with van der Waals surface area (Å²) in [4.78, 5) is 0. The van der Waals surface area contributed by atoms with E-state index in [1.54, 1.807) is 0 Å². The Morgan fingerprint density at radius 3 is 1.09 bits per heavy atom. The Kier molecular flexibility index (Phi) is 9.30. The first-order valence-electron chi connectivity index (χ1n) is 8.81. The summed E-state index contributed by atoms with van der Waals surface area (Å²) < 4.78 is 0. The van der Waals surface area contributed by atoms with Crippen LogP contribution >= 0.6 is 0 Å². The smallest absolute Gasteiger partial charge is 0.0184 e. The lowest BCUT2D eigenvalue weighted by Gasteiger charge is -2.02. The summed E-state index contributed by atoms with van der Waals surface area (Å²) in [5.41, 5.74) is 5.19. The zero-order valence-electron chi connectivity index (χ0n) is 14.9. The summed E-state index contributed by atoms with van der Waals surface area (Å²) in [5, 5.41) is 0. The third-order valence-corrected chi connectivity index (χ3v) is 3.89. The Labute approximate surface area is 137 Å². The zero-order valence-corrected chi connectivity index (χ0v) is 14.9. The highest BCUT2D eigenvalue weighted by molar-refractivity contribution is 5.63. The quantitative estimate of drug-likeness (QED) is 0.489. The molecular formula is C22H32. The number of unbranched alkanes of at least 4 members (excludes halogenated alkanes) is 5. The predicted octanol–water partition coefficient (Wildman–Crippen LogP) is 7.34. The normalized spacial score (nSPS) is 10.0. The van der Waals surface area contributed by atoms with E-state index in [-0.39, 0.29) is 0 Å². The molecule has 0 fully saturated rings. The van der Waals surface area contributed by atoms with E-state index in [9.17, 15) is 0 Å². The van der Waals surface area contributed by atoms with E-state index in [1.165, 1.54) is 60.8 Å². The molecule has 2 aromatic rings. The SMILES string of the molecule is CCCCCCCC.Cc1ccc(-c2ccc(C)cc2)cc1. The molecule has 2 rings (SSSR count). The van der Waals surface area contributed by atoms with Crippen molar-refractivity contribution in [2.75, 3.05) is 0 Å². The van der Waals surface area contributed by atoms with Gasteiger partial charge in [0.1, 0.15) is 0 Å². The summed E-state index contributed by atoms with van der Waals surface area (Å²) in [7, 11) is 0. The molecule has 0 N–H and O–H groups in total. The minimum atomic E-state index is 1.29. The first kappa shape index (κ1) is 18.5. The van der Waals surface area contributed by atoms with Crippen molar-refractivity contribution in [3.05, 3.63) is 59.7 Å². The lowest BCUT2D eigenvalue weighted by molar-refractivity contribution is 0.624. The standard InChI is InChI=1S/C14H14.C8H18/c1-11-3-7-13(8-4-11)14-9-5-12(2)6-10-14;1-3-5-7-8-6-4-2/h3-10H,1-2H3;3-8H2,1-2H3. The van der Waals surface area contributed by atoms with Crippen LogP contribution in [0.3, 0.4) is 0 Å². The largest absolute Gasteiger partial charge is 0.0654 e. The molecule has 0 nitrogen and oxygen atoms in total. The van der Waals surface area contributed by atoms with Crippen LogP contribution in [0.2, 0.25) is 0 Å². The molecule has 0 spiro atoms. The van der Waals surface area contributed by atoms with E-state index in [0.29, 0.717) is 0 Å². The van der Waals surface area contributed by atoms with Gasteiger partial charge in [0.2, 0.25) is 0 Å². The molecule has 120 valence electrons. The second kappa shape index (κ2) is 11.1. The number of benzene rings is 2. The van der Waals surface area contributed by atoms with Crippen molar-refractivity contribution in [1.82, 2.24) is 0 Å². The van der Waals surface area contributed by atoms with Crippen molar-refractivity contribution in [2.24, 2.45) is 0 Å². The summed E-state index contributed by atoms with van der Waals surface area (Å²) >= 11 is 0. The molecule has 0 atom stereocenters. The Hall–Kier alpha value is -1.56. The summed E-state index contributed by atoms with van der Waals surface area (Å²) in [6, 6.07) is 17.3. The van der Waals surface area contributed by atoms with E-state index >= 15 is 0 Å². The van der Waals surface area contributed by atoms with Gasteiger partial charge in [-0.1, -0.05) is 112 Å². The van der Waals surface area contributed by atoms with Crippen molar-refractivity contribution in [3.63, 3.8) is 0 Å². The van der Waals surface area contributed by atoms with Crippen LogP contribution in [0.4, 0.5) is 0 Å². The van der Waals surface area contributed by atoms with Crippen LogP contribution < -0.4 is 0 Å². The van der Waals surface area contributed by atoms with E-state index in [2.05, 4.69) is 76.2 Å². The molecule has 0 heteroatoms. The summed E-state index contributed by atoms with van der Waals surface area (Å²) in [6.45, 7) is 8.73. The van der Waals surface area contributed by atoms with Crippen LogP contribution in [0.25, 0.3) is 11.1 Å². The average Bonchev–Trinajstić information content (AvgIpc) is 2.54. The van der Waals surface area contributed by atoms with E-state index in [4.69, 9.17) is 0 Å². The van der Waals surface area contributed by atoms with Gasteiger partial charge in [-0.25, -0.2) is 0 Å². The number of hydrogen-bond acceptors (Lipinski definition) is 0. The topological polar surface area (TPSA) is 0 Å². The minimum Gasteiger partial charge on any atom is -0.0654 e. The van der Waals surface area contributed by atoms with Crippen LogP contribution in [-0.2, 0) is 0 Å². The fraction of sp³-hybridized carbons (Fsp3) is 0.455. The monoisotopic (exact) mass is 296 g/mol. The van der Waals surface area contributed by atoms with Gasteiger partial charge in [0.25, 0.3) is 0 Å². The maximum atomic E-state index is 2.26. The molecule has 0 saturated heterocycles. The number of hydrogen-bond donors (Lipinski definition) is 0. The highest BCUT2D eigenvalue weighted by atomic mass is 14.0. The first-order chi connectivity index (χ1) is 10.7. The molecule has 0 aliphatic rings. The maximum Gasteiger partial charge on any atom is -0.0184 e. The fourth-order valence-corrected chi connectivity index (χ4v) is 2.35. The molecule has 2 aromatic carbocycles. The highest BCUT2D eigenvalue weighted by Crippen LogP contribution is 2.19. The van der Waals surface area contributed by atoms with Crippen molar-refractivity contribution in [1.29, 1.82) is 0 Å². The van der Waals surface area contributed by atoms with E-state index < -0.39 is 0 Å². The Balaban J connectivity index is 0.000000261. The van der Waals surface area contributed by atoms with Gasteiger partial charge in [0.05, 0.1) is 0 Å². The zero-order chi connectivity index (χ0) is 16.2. The van der Waals surface area contributed by atoms with Crippen molar-refractivity contribution in [3.8, 4) is 11.1 Å². The molecule has 0 saturated carbocycles. The third kappa shape index (κ3) is 7.45. The highest BCUT2D eigenvalue weighted by Gasteiger charge is 1.95. The van der Waals surface area contributed by atoms with Crippen LogP contribution in [0, 0.1) is 13.8 Å². The Morgan fingerprint density at radius 1 is 0.500 bits per heavy atom. The fourth-order valence-electron chi connectivity index (χ4n) is 2.35. The lowest BCUT2D eigenvalue weighted by atomic mass is 10.0. The minimum absolute atomic E-state index is 1.29. The van der Waals surface area contributed by atoms with Gasteiger partial charge < -0.3 is 0 Å². The number of rotatable bonds is 6. The molecule has 0 aromatic heterocycles. The second-order valence-corrected chi connectivity index (χ2v) is 6.15. The average molecular weight is 296 g/mol. The molecule has 0 heterocycles. The van der Waals surface area contributed by atoms with Gasteiger partial charge >= 0.3 is 0 Å². The molecular weight excluding hydrogens is 264 g/mol. The molecule has 0 radical (unpaired) electrons. The molecule has 22 heavy (non-hydrogen) atoms. The van der Waals surface area contributed by atoms with Crippen molar-refractivity contribution < 1.29 is 0 Å². The molecule has 0 unspecified atom stereocenters. The predicted molar refractivity (Wildman–Crippen MR) is 100 cm³/mol. The first-order valence-corrected chi connectivity index (χ1v) is 8.81. The van der Waals surface area contributed by atoms with Gasteiger partial charge in [-0.3, -0.25) is 0 Å². The van der Waals surface area contributed by atoms with Gasteiger partial charge in [-0.2, -0.15) is 0 Å². The summed E-state index contributed by atoms with van der Waals surface area (Å²) in [5.74, 6) is 0. The molecule has 0 aliphatic carbocycles. The van der Waals surface area contributed by atoms with Crippen molar-refractivity contribution in [2.45, 2.75) is 66.2 Å². The van der Waals surface area contributed by atoms with Crippen LogP contribution in [-0.4, -0.2) is 0 Å². The summed E-state index contributed by atoms with van der Waals surface area (Å²) in [6.07, 6.45) is 8.49. The second-order valence-electron chi connectivity index (χ2n) is 6.15. The van der Waals surface area contributed by atoms with E-state index in [1.807, 2.05) is 0 Å².